The highest BCUT2D eigenvalue weighted by Gasteiger charge is 2.19. The van der Waals surface area contributed by atoms with E-state index >= 15 is 0 Å². The van der Waals surface area contributed by atoms with E-state index in [0.29, 0.717) is 11.7 Å². The number of aromatic nitrogens is 3. The number of aryl methyl sites for hydroxylation is 1. The molecule has 0 atom stereocenters. The van der Waals surface area contributed by atoms with Crippen LogP contribution in [-0.2, 0) is 0 Å². The molecule has 124 valence electrons. The van der Waals surface area contributed by atoms with E-state index in [1.54, 1.807) is 6.20 Å². The number of halogens is 2. The number of nitrogens with zero attached hydrogens (tertiary/aromatic N) is 3. The molecule has 2 heterocycles. The van der Waals surface area contributed by atoms with Crippen molar-refractivity contribution in [1.29, 1.82) is 0 Å². The number of amides is 1. The minimum Gasteiger partial charge on any atom is -0.320 e. The number of piperidine rings is 1. The number of carbonyl (C=O) groups excluding carboxylic acids is 1. The van der Waals surface area contributed by atoms with Gasteiger partial charge in [-0.3, -0.25) is 4.79 Å². The summed E-state index contributed by atoms with van der Waals surface area (Å²) in [6.45, 7) is 3.90. The van der Waals surface area contributed by atoms with Crippen molar-refractivity contribution in [2.75, 3.05) is 18.4 Å². The van der Waals surface area contributed by atoms with Crippen LogP contribution in [0.15, 0.2) is 28.9 Å². The van der Waals surface area contributed by atoms with E-state index in [4.69, 9.17) is 0 Å². The number of rotatable bonds is 3. The zero-order valence-corrected chi connectivity index (χ0v) is 15.2. The van der Waals surface area contributed by atoms with Crippen LogP contribution in [0.1, 0.15) is 34.9 Å². The molecule has 0 saturated carbocycles. The molecule has 0 bridgehead atoms. The molecule has 1 aliphatic heterocycles. The van der Waals surface area contributed by atoms with Gasteiger partial charge in [0.05, 0.1) is 12.2 Å². The highest BCUT2D eigenvalue weighted by molar-refractivity contribution is 9.10. The minimum atomic E-state index is -0.235. The molecule has 23 heavy (non-hydrogen) atoms. The lowest BCUT2D eigenvalue weighted by Crippen LogP contribution is -2.29. The van der Waals surface area contributed by atoms with Gasteiger partial charge in [0.2, 0.25) is 0 Å². The fourth-order valence-corrected chi connectivity index (χ4v) is 2.91. The van der Waals surface area contributed by atoms with Crippen molar-refractivity contribution < 1.29 is 4.79 Å². The maximum Gasteiger partial charge on any atom is 0.277 e. The maximum atomic E-state index is 12.3. The van der Waals surface area contributed by atoms with Gasteiger partial charge in [-0.05, 0) is 50.6 Å². The molecule has 1 fully saturated rings. The number of anilines is 1. The Morgan fingerprint density at radius 2 is 2.13 bits per heavy atom. The van der Waals surface area contributed by atoms with Crippen LogP contribution in [-0.4, -0.2) is 34.0 Å². The van der Waals surface area contributed by atoms with Crippen molar-refractivity contribution in [3.8, 4) is 0 Å². The lowest BCUT2D eigenvalue weighted by molar-refractivity contribution is 0.102. The van der Waals surface area contributed by atoms with Crippen LogP contribution in [0.4, 0.5) is 5.69 Å². The second-order valence-electron chi connectivity index (χ2n) is 5.48. The number of nitrogens with one attached hydrogen (secondary N) is 2. The normalized spacial score (nSPS) is 15.0. The van der Waals surface area contributed by atoms with Crippen LogP contribution in [0.2, 0.25) is 0 Å². The Balaban J connectivity index is 0.00000192. The monoisotopic (exact) mass is 399 g/mol. The Hall–Kier alpha value is -1.44. The minimum absolute atomic E-state index is 0. The fraction of sp³-hybridized carbons (Fsp3) is 0.400. The molecule has 6 nitrogen and oxygen atoms in total. The molecular weight excluding hydrogens is 382 g/mol. The zero-order chi connectivity index (χ0) is 15.5. The Bertz CT molecular complexity index is 684. The summed E-state index contributed by atoms with van der Waals surface area (Å²) >= 11 is 3.41. The Morgan fingerprint density at radius 1 is 1.39 bits per heavy atom. The van der Waals surface area contributed by atoms with Crippen molar-refractivity contribution in [3.63, 3.8) is 0 Å². The van der Waals surface area contributed by atoms with Crippen molar-refractivity contribution >= 4 is 39.9 Å². The molecule has 1 aromatic heterocycles. The van der Waals surface area contributed by atoms with Crippen molar-refractivity contribution in [3.05, 3.63) is 40.1 Å². The first-order valence-corrected chi connectivity index (χ1v) is 8.13. The summed E-state index contributed by atoms with van der Waals surface area (Å²) in [7, 11) is 0. The second-order valence-corrected chi connectivity index (χ2v) is 6.39. The Labute approximate surface area is 149 Å². The first-order chi connectivity index (χ1) is 10.6. The number of hydrogen-bond acceptors (Lipinski definition) is 4. The highest BCUT2D eigenvalue weighted by Crippen LogP contribution is 2.21. The van der Waals surface area contributed by atoms with E-state index in [0.717, 1.165) is 41.7 Å². The van der Waals surface area contributed by atoms with Crippen LogP contribution in [0.25, 0.3) is 0 Å². The molecular formula is C15H19BrClN5O. The standard InChI is InChI=1S/C15H18BrN5O.ClH/c1-10-2-3-11(16)8-13(10)18-15(22)14-9-21(20-19-14)12-4-6-17-7-5-12;/h2-3,8-9,12,17H,4-7H2,1H3,(H,18,22);1H. The van der Waals surface area contributed by atoms with Crippen LogP contribution >= 0.6 is 28.3 Å². The average molecular weight is 401 g/mol. The van der Waals surface area contributed by atoms with Gasteiger partial charge in [-0.2, -0.15) is 0 Å². The molecule has 3 rings (SSSR count). The van der Waals surface area contributed by atoms with E-state index in [-0.39, 0.29) is 18.3 Å². The van der Waals surface area contributed by atoms with E-state index in [1.807, 2.05) is 29.8 Å². The van der Waals surface area contributed by atoms with Crippen LogP contribution in [0.3, 0.4) is 0 Å². The van der Waals surface area contributed by atoms with Gasteiger partial charge in [-0.1, -0.05) is 27.2 Å². The summed E-state index contributed by atoms with van der Waals surface area (Å²) in [6, 6.07) is 6.09. The molecule has 1 amide bonds. The predicted octanol–water partition coefficient (Wildman–Crippen LogP) is 2.95. The van der Waals surface area contributed by atoms with Crippen molar-refractivity contribution in [2.45, 2.75) is 25.8 Å². The molecule has 0 radical (unpaired) electrons. The van der Waals surface area contributed by atoms with Gasteiger partial charge in [0, 0.05) is 10.2 Å². The number of carbonyl (C=O) groups is 1. The summed E-state index contributed by atoms with van der Waals surface area (Å²) in [5, 5.41) is 14.3. The lowest BCUT2D eigenvalue weighted by Gasteiger charge is -2.22. The molecule has 8 heteroatoms. The summed E-state index contributed by atoms with van der Waals surface area (Å²) in [6.07, 6.45) is 3.75. The molecule has 1 aromatic carbocycles. The number of benzene rings is 1. The molecule has 2 N–H and O–H groups in total. The van der Waals surface area contributed by atoms with E-state index in [2.05, 4.69) is 36.9 Å². The third-order valence-corrected chi connectivity index (χ3v) is 4.37. The molecule has 2 aromatic rings. The summed E-state index contributed by atoms with van der Waals surface area (Å²) in [5.41, 5.74) is 2.12. The highest BCUT2D eigenvalue weighted by atomic mass is 79.9. The van der Waals surface area contributed by atoms with E-state index < -0.39 is 0 Å². The van der Waals surface area contributed by atoms with Gasteiger partial charge in [0.15, 0.2) is 5.69 Å². The lowest BCUT2D eigenvalue weighted by atomic mass is 10.1. The number of hydrogen-bond donors (Lipinski definition) is 2. The van der Waals surface area contributed by atoms with Gasteiger partial charge in [-0.15, -0.1) is 17.5 Å². The third kappa shape index (κ3) is 4.31. The van der Waals surface area contributed by atoms with E-state index in [1.165, 1.54) is 0 Å². The largest absolute Gasteiger partial charge is 0.320 e. The van der Waals surface area contributed by atoms with Crippen LogP contribution < -0.4 is 10.6 Å². The molecule has 0 aliphatic carbocycles. The average Bonchev–Trinajstić information content (AvgIpc) is 3.02. The van der Waals surface area contributed by atoms with Crippen LogP contribution in [0, 0.1) is 6.92 Å². The van der Waals surface area contributed by atoms with Crippen molar-refractivity contribution in [1.82, 2.24) is 20.3 Å². The topological polar surface area (TPSA) is 71.8 Å². The van der Waals surface area contributed by atoms with E-state index in [9.17, 15) is 4.79 Å². The van der Waals surface area contributed by atoms with Gasteiger partial charge in [0.25, 0.3) is 5.91 Å². The molecule has 0 unspecified atom stereocenters. The first-order valence-electron chi connectivity index (χ1n) is 7.33. The maximum absolute atomic E-state index is 12.3. The molecule has 1 aliphatic rings. The van der Waals surface area contributed by atoms with Gasteiger partial charge < -0.3 is 10.6 Å². The predicted molar refractivity (Wildman–Crippen MR) is 95.2 cm³/mol. The molecule has 1 saturated heterocycles. The summed E-state index contributed by atoms with van der Waals surface area (Å²) in [5.74, 6) is -0.235. The zero-order valence-electron chi connectivity index (χ0n) is 12.8. The van der Waals surface area contributed by atoms with Gasteiger partial charge >= 0.3 is 0 Å². The summed E-state index contributed by atoms with van der Waals surface area (Å²) in [4.78, 5) is 12.3. The molecule has 0 spiro atoms. The van der Waals surface area contributed by atoms with Gasteiger partial charge in [0.1, 0.15) is 0 Å². The summed E-state index contributed by atoms with van der Waals surface area (Å²) < 4.78 is 2.73. The smallest absolute Gasteiger partial charge is 0.277 e. The Morgan fingerprint density at radius 3 is 2.87 bits per heavy atom. The van der Waals surface area contributed by atoms with Gasteiger partial charge in [-0.25, -0.2) is 4.68 Å². The van der Waals surface area contributed by atoms with Crippen LogP contribution in [0.5, 0.6) is 0 Å². The second kappa shape index (κ2) is 7.90. The first kappa shape index (κ1) is 17.9. The third-order valence-electron chi connectivity index (χ3n) is 3.87. The van der Waals surface area contributed by atoms with Crippen molar-refractivity contribution in [2.24, 2.45) is 0 Å². The SMILES string of the molecule is Cc1ccc(Br)cc1NC(=O)c1cn(C2CCNCC2)nn1.Cl. The Kier molecular flexibility index (Phi) is 6.15. The fourth-order valence-electron chi connectivity index (χ4n) is 2.55. The quantitative estimate of drug-likeness (QED) is 0.831.